The summed E-state index contributed by atoms with van der Waals surface area (Å²) in [5, 5.41) is 15.7. The molecule has 3 amide bonds. The van der Waals surface area contributed by atoms with Crippen LogP contribution >= 0.6 is 0 Å². The van der Waals surface area contributed by atoms with Crippen LogP contribution in [0.2, 0.25) is 0 Å². The molecule has 3 rings (SSSR count). The van der Waals surface area contributed by atoms with Gasteiger partial charge in [-0.25, -0.2) is 4.79 Å². The number of amides is 3. The number of aliphatic hydroxyl groups is 1. The van der Waals surface area contributed by atoms with Crippen molar-refractivity contribution < 1.29 is 14.7 Å². The van der Waals surface area contributed by atoms with Crippen molar-refractivity contribution in [2.75, 3.05) is 25.0 Å². The highest BCUT2D eigenvalue weighted by molar-refractivity contribution is 5.96. The minimum atomic E-state index is -0.615. The van der Waals surface area contributed by atoms with Crippen LogP contribution in [0.3, 0.4) is 0 Å². The number of aryl methyl sites for hydroxylation is 1. The maximum Gasteiger partial charge on any atom is 0.319 e. The minimum absolute atomic E-state index is 0.0518. The van der Waals surface area contributed by atoms with E-state index in [1.165, 1.54) is 0 Å². The lowest BCUT2D eigenvalue weighted by Gasteiger charge is -2.30. The molecule has 2 aromatic rings. The van der Waals surface area contributed by atoms with Crippen molar-refractivity contribution in [3.63, 3.8) is 0 Å². The highest BCUT2D eigenvalue weighted by Gasteiger charge is 2.21. The first kappa shape index (κ1) is 21.8. The number of nitrogens with one attached hydrogen (secondary N) is 2. The second-order valence-electron chi connectivity index (χ2n) is 8.10. The summed E-state index contributed by atoms with van der Waals surface area (Å²) in [6.07, 6.45) is 1.90. The molecule has 6 nitrogen and oxygen atoms in total. The molecule has 30 heavy (non-hydrogen) atoms. The summed E-state index contributed by atoms with van der Waals surface area (Å²) in [6.45, 7) is 6.06. The summed E-state index contributed by atoms with van der Waals surface area (Å²) in [7, 11) is 0. The quantitative estimate of drug-likeness (QED) is 0.671. The van der Waals surface area contributed by atoms with E-state index in [0.29, 0.717) is 30.1 Å². The number of benzene rings is 2. The van der Waals surface area contributed by atoms with Crippen LogP contribution in [0.4, 0.5) is 10.5 Å². The van der Waals surface area contributed by atoms with Gasteiger partial charge in [-0.3, -0.25) is 4.79 Å². The number of piperidine rings is 1. The van der Waals surface area contributed by atoms with Gasteiger partial charge in [-0.2, -0.15) is 0 Å². The molecule has 2 aromatic carbocycles. The largest absolute Gasteiger partial charge is 0.388 e. The molecule has 0 spiro atoms. The van der Waals surface area contributed by atoms with Crippen LogP contribution in [0.1, 0.15) is 53.8 Å². The maximum absolute atomic E-state index is 12.7. The van der Waals surface area contributed by atoms with E-state index in [1.807, 2.05) is 48.2 Å². The Morgan fingerprint density at radius 3 is 2.50 bits per heavy atom. The predicted octanol–water partition coefficient (Wildman–Crippen LogP) is 4.11. The summed E-state index contributed by atoms with van der Waals surface area (Å²) < 4.78 is 0. The maximum atomic E-state index is 12.7. The summed E-state index contributed by atoms with van der Waals surface area (Å²) in [4.78, 5) is 26.8. The first-order valence-electron chi connectivity index (χ1n) is 10.6. The SMILES string of the molecule is Cc1cc(C(=O)N2CCC(C)CC2)ccc1NC(=O)NCCC(O)c1ccccc1. The van der Waals surface area contributed by atoms with Gasteiger partial charge >= 0.3 is 6.03 Å². The Kier molecular flexibility index (Phi) is 7.46. The topological polar surface area (TPSA) is 81.7 Å². The molecule has 3 N–H and O–H groups in total. The lowest BCUT2D eigenvalue weighted by molar-refractivity contribution is 0.0697. The predicted molar refractivity (Wildman–Crippen MR) is 119 cm³/mol. The van der Waals surface area contributed by atoms with Gasteiger partial charge in [0.15, 0.2) is 0 Å². The minimum Gasteiger partial charge on any atom is -0.388 e. The molecule has 0 aliphatic carbocycles. The third kappa shape index (κ3) is 5.83. The van der Waals surface area contributed by atoms with Crippen LogP contribution in [0.5, 0.6) is 0 Å². The molecule has 1 aliphatic heterocycles. The molecule has 1 fully saturated rings. The Morgan fingerprint density at radius 2 is 1.83 bits per heavy atom. The molecule has 0 saturated carbocycles. The fourth-order valence-corrected chi connectivity index (χ4v) is 3.66. The number of likely N-dealkylation sites (tertiary alicyclic amines) is 1. The van der Waals surface area contributed by atoms with Crippen LogP contribution < -0.4 is 10.6 Å². The fraction of sp³-hybridized carbons (Fsp3) is 0.417. The second kappa shape index (κ2) is 10.3. The molecule has 1 heterocycles. The van der Waals surface area contributed by atoms with Gasteiger partial charge in [0.05, 0.1) is 6.10 Å². The number of hydrogen-bond donors (Lipinski definition) is 3. The van der Waals surface area contributed by atoms with Crippen LogP contribution in [0.15, 0.2) is 48.5 Å². The average molecular weight is 410 g/mol. The van der Waals surface area contributed by atoms with Crippen LogP contribution in [0, 0.1) is 12.8 Å². The van der Waals surface area contributed by atoms with Crippen molar-refractivity contribution in [2.24, 2.45) is 5.92 Å². The molecule has 1 unspecified atom stereocenters. The van der Waals surface area contributed by atoms with E-state index in [9.17, 15) is 14.7 Å². The van der Waals surface area contributed by atoms with E-state index in [0.717, 1.165) is 37.1 Å². The van der Waals surface area contributed by atoms with Crippen molar-refractivity contribution in [2.45, 2.75) is 39.2 Å². The zero-order chi connectivity index (χ0) is 21.5. The van der Waals surface area contributed by atoms with E-state index in [-0.39, 0.29) is 11.9 Å². The zero-order valence-corrected chi connectivity index (χ0v) is 17.7. The number of rotatable bonds is 6. The van der Waals surface area contributed by atoms with Crippen LogP contribution in [-0.2, 0) is 0 Å². The number of carbonyl (C=O) groups is 2. The molecule has 0 bridgehead atoms. The molecule has 6 heteroatoms. The summed E-state index contributed by atoms with van der Waals surface area (Å²) in [6, 6.07) is 14.4. The summed E-state index contributed by atoms with van der Waals surface area (Å²) in [5.74, 6) is 0.727. The molecule has 1 aliphatic rings. The first-order valence-corrected chi connectivity index (χ1v) is 10.6. The second-order valence-corrected chi connectivity index (χ2v) is 8.10. The Labute approximate surface area is 178 Å². The number of hydrogen-bond acceptors (Lipinski definition) is 3. The third-order valence-electron chi connectivity index (χ3n) is 5.68. The number of aliphatic hydroxyl groups excluding tert-OH is 1. The highest BCUT2D eigenvalue weighted by atomic mass is 16.3. The standard InChI is InChI=1S/C24H31N3O3/c1-17-11-14-27(15-12-17)23(29)20-8-9-21(18(2)16-20)26-24(30)25-13-10-22(28)19-6-4-3-5-7-19/h3-9,16-17,22,28H,10-15H2,1-2H3,(H2,25,26,30). The van der Waals surface area contributed by atoms with Gasteiger partial charge in [0, 0.05) is 30.9 Å². The molecule has 0 radical (unpaired) electrons. The van der Waals surface area contributed by atoms with Crippen molar-refractivity contribution in [3.8, 4) is 0 Å². The summed E-state index contributed by atoms with van der Waals surface area (Å²) in [5.41, 5.74) is 2.99. The Bertz CT molecular complexity index is 861. The van der Waals surface area contributed by atoms with E-state index < -0.39 is 6.10 Å². The van der Waals surface area contributed by atoms with Crippen LogP contribution in [-0.4, -0.2) is 41.6 Å². The molecule has 1 saturated heterocycles. The molecular formula is C24H31N3O3. The smallest absolute Gasteiger partial charge is 0.319 e. The fourth-order valence-electron chi connectivity index (χ4n) is 3.66. The zero-order valence-electron chi connectivity index (χ0n) is 17.7. The van der Waals surface area contributed by atoms with Crippen molar-refractivity contribution in [1.29, 1.82) is 0 Å². The molecule has 0 aromatic heterocycles. The van der Waals surface area contributed by atoms with Gasteiger partial charge in [-0.05, 0) is 61.4 Å². The van der Waals surface area contributed by atoms with Gasteiger partial charge in [-0.15, -0.1) is 0 Å². The van der Waals surface area contributed by atoms with Gasteiger partial charge in [-0.1, -0.05) is 37.3 Å². The molecule has 1 atom stereocenters. The highest BCUT2D eigenvalue weighted by Crippen LogP contribution is 2.21. The van der Waals surface area contributed by atoms with Gasteiger partial charge in [0.25, 0.3) is 5.91 Å². The van der Waals surface area contributed by atoms with Gasteiger partial charge in [0.2, 0.25) is 0 Å². The number of carbonyl (C=O) groups excluding carboxylic acids is 2. The number of nitrogens with zero attached hydrogens (tertiary/aromatic N) is 1. The third-order valence-corrected chi connectivity index (χ3v) is 5.68. The number of anilines is 1. The lowest BCUT2D eigenvalue weighted by Crippen LogP contribution is -2.38. The van der Waals surface area contributed by atoms with Crippen LogP contribution in [0.25, 0.3) is 0 Å². The monoisotopic (exact) mass is 409 g/mol. The van der Waals surface area contributed by atoms with Crippen molar-refractivity contribution in [3.05, 3.63) is 65.2 Å². The molecular weight excluding hydrogens is 378 g/mol. The van der Waals surface area contributed by atoms with E-state index in [2.05, 4.69) is 17.6 Å². The normalized spacial score (nSPS) is 15.5. The Hall–Kier alpha value is -2.86. The Morgan fingerprint density at radius 1 is 1.13 bits per heavy atom. The number of urea groups is 1. The summed E-state index contributed by atoms with van der Waals surface area (Å²) >= 11 is 0. The first-order chi connectivity index (χ1) is 14.4. The molecule has 160 valence electrons. The van der Waals surface area contributed by atoms with Crippen molar-refractivity contribution in [1.82, 2.24) is 10.2 Å². The van der Waals surface area contributed by atoms with E-state index in [1.54, 1.807) is 12.1 Å². The van der Waals surface area contributed by atoms with Gasteiger partial charge in [0.1, 0.15) is 0 Å². The average Bonchev–Trinajstić information content (AvgIpc) is 2.75. The Balaban J connectivity index is 1.49. The van der Waals surface area contributed by atoms with Crippen molar-refractivity contribution >= 4 is 17.6 Å². The van der Waals surface area contributed by atoms with E-state index >= 15 is 0 Å². The van der Waals surface area contributed by atoms with E-state index in [4.69, 9.17) is 0 Å². The lowest BCUT2D eigenvalue weighted by atomic mass is 9.98. The van der Waals surface area contributed by atoms with Gasteiger partial charge < -0.3 is 20.6 Å².